The van der Waals surface area contributed by atoms with Crippen LogP contribution in [0.15, 0.2) is 18.2 Å². The number of anilines is 1. The number of halogens is 1. The quantitative estimate of drug-likeness (QED) is 0.828. The predicted molar refractivity (Wildman–Crippen MR) is 97.6 cm³/mol. The van der Waals surface area contributed by atoms with Gasteiger partial charge in [0.05, 0.1) is 12.3 Å². The Hall–Kier alpha value is -1.26. The van der Waals surface area contributed by atoms with E-state index in [9.17, 15) is 4.79 Å². The molecule has 2 atom stereocenters. The Bertz CT molecular complexity index is 502. The van der Waals surface area contributed by atoms with Crippen molar-refractivity contribution in [2.24, 2.45) is 11.8 Å². The number of benzene rings is 1. The molecule has 1 fully saturated rings. The fourth-order valence-corrected chi connectivity index (χ4v) is 3.03. The van der Waals surface area contributed by atoms with Crippen LogP contribution in [-0.2, 0) is 4.79 Å². The smallest absolute Gasteiger partial charge is 0.224 e. The highest BCUT2D eigenvalue weighted by Gasteiger charge is 2.22. The van der Waals surface area contributed by atoms with E-state index in [4.69, 9.17) is 4.74 Å². The van der Waals surface area contributed by atoms with Crippen molar-refractivity contribution >= 4 is 24.0 Å². The Balaban J connectivity index is 0.00000264. The van der Waals surface area contributed by atoms with E-state index >= 15 is 0 Å². The molecule has 4 nitrogen and oxygen atoms in total. The molecule has 5 heteroatoms. The van der Waals surface area contributed by atoms with Crippen LogP contribution < -0.4 is 15.4 Å². The summed E-state index contributed by atoms with van der Waals surface area (Å²) in [6.07, 6.45) is 2.99. The highest BCUT2D eigenvalue weighted by molar-refractivity contribution is 5.92. The SMILES string of the molecule is CCOc1cc(C)ccc1NC(=O)CC(C)C1CCCNC1.Cl. The van der Waals surface area contributed by atoms with E-state index < -0.39 is 0 Å². The molecule has 130 valence electrons. The zero-order valence-corrected chi connectivity index (χ0v) is 15.2. The Morgan fingerprint density at radius 2 is 2.26 bits per heavy atom. The summed E-state index contributed by atoms with van der Waals surface area (Å²) in [5.74, 6) is 1.82. The second-order valence-corrected chi connectivity index (χ2v) is 6.27. The van der Waals surface area contributed by atoms with Gasteiger partial charge in [0.1, 0.15) is 5.75 Å². The molecule has 1 aliphatic heterocycles. The van der Waals surface area contributed by atoms with Gasteiger partial charge in [-0.2, -0.15) is 0 Å². The minimum atomic E-state index is 0. The van der Waals surface area contributed by atoms with Crippen molar-refractivity contribution in [2.75, 3.05) is 25.0 Å². The van der Waals surface area contributed by atoms with Crippen LogP contribution in [0.2, 0.25) is 0 Å². The first-order valence-corrected chi connectivity index (χ1v) is 8.34. The zero-order chi connectivity index (χ0) is 15.9. The fourth-order valence-electron chi connectivity index (χ4n) is 3.03. The molecule has 1 amide bonds. The fraction of sp³-hybridized carbons (Fsp3) is 0.611. The van der Waals surface area contributed by atoms with Crippen molar-refractivity contribution in [3.8, 4) is 5.75 Å². The van der Waals surface area contributed by atoms with E-state index in [0.29, 0.717) is 24.9 Å². The number of carbonyl (C=O) groups is 1. The molecule has 0 radical (unpaired) electrons. The van der Waals surface area contributed by atoms with Crippen LogP contribution in [0.1, 0.15) is 38.7 Å². The topological polar surface area (TPSA) is 50.4 Å². The molecule has 0 saturated carbocycles. The van der Waals surface area contributed by atoms with E-state index in [1.807, 2.05) is 32.0 Å². The second-order valence-electron chi connectivity index (χ2n) is 6.27. The monoisotopic (exact) mass is 340 g/mol. The minimum Gasteiger partial charge on any atom is -0.492 e. The molecule has 23 heavy (non-hydrogen) atoms. The standard InChI is InChI=1S/C18H28N2O2.ClH/c1-4-22-17-10-13(2)7-8-16(17)20-18(21)11-14(3)15-6-5-9-19-12-15;/h7-8,10,14-15,19H,4-6,9,11-12H2,1-3H3,(H,20,21);1H. The Morgan fingerprint density at radius 1 is 1.48 bits per heavy atom. The van der Waals surface area contributed by atoms with Crippen LogP contribution in [0.3, 0.4) is 0 Å². The predicted octanol–water partition coefficient (Wildman–Crippen LogP) is 3.78. The summed E-state index contributed by atoms with van der Waals surface area (Å²) in [7, 11) is 0. The summed E-state index contributed by atoms with van der Waals surface area (Å²) >= 11 is 0. The van der Waals surface area contributed by atoms with Gasteiger partial charge in [0.2, 0.25) is 5.91 Å². The number of nitrogens with one attached hydrogen (secondary N) is 2. The van der Waals surface area contributed by atoms with E-state index in [-0.39, 0.29) is 18.3 Å². The van der Waals surface area contributed by atoms with Crippen LogP contribution in [-0.4, -0.2) is 25.6 Å². The van der Waals surface area contributed by atoms with Crippen LogP contribution >= 0.6 is 12.4 Å². The van der Waals surface area contributed by atoms with Crippen LogP contribution in [0.4, 0.5) is 5.69 Å². The Labute approximate surface area is 145 Å². The zero-order valence-electron chi connectivity index (χ0n) is 14.4. The number of hydrogen-bond acceptors (Lipinski definition) is 3. The molecule has 1 aromatic carbocycles. The van der Waals surface area contributed by atoms with Gasteiger partial charge >= 0.3 is 0 Å². The normalized spacial score (nSPS) is 18.7. The third kappa shape index (κ3) is 6.04. The molecule has 1 aliphatic rings. The first-order chi connectivity index (χ1) is 10.6. The first kappa shape index (κ1) is 19.8. The molecule has 2 unspecified atom stereocenters. The molecular weight excluding hydrogens is 312 g/mol. The molecule has 0 aliphatic carbocycles. The lowest BCUT2D eigenvalue weighted by Gasteiger charge is -2.28. The highest BCUT2D eigenvalue weighted by Crippen LogP contribution is 2.27. The minimum absolute atomic E-state index is 0. The van der Waals surface area contributed by atoms with Crippen LogP contribution in [0.5, 0.6) is 5.75 Å². The van der Waals surface area contributed by atoms with E-state index in [2.05, 4.69) is 17.6 Å². The van der Waals surface area contributed by atoms with Gasteiger partial charge in [-0.1, -0.05) is 13.0 Å². The number of carbonyl (C=O) groups excluding carboxylic acids is 1. The van der Waals surface area contributed by atoms with Gasteiger partial charge in [-0.25, -0.2) is 0 Å². The maximum absolute atomic E-state index is 12.3. The lowest BCUT2D eigenvalue weighted by Crippen LogP contribution is -2.34. The van der Waals surface area contributed by atoms with Crippen molar-refractivity contribution in [1.29, 1.82) is 0 Å². The molecule has 1 aromatic rings. The molecule has 2 rings (SSSR count). The molecule has 0 aromatic heterocycles. The molecular formula is C18H29ClN2O2. The van der Waals surface area contributed by atoms with Crippen molar-refractivity contribution in [3.63, 3.8) is 0 Å². The molecule has 2 N–H and O–H groups in total. The second kappa shape index (κ2) is 9.78. The third-order valence-electron chi connectivity index (χ3n) is 4.36. The van der Waals surface area contributed by atoms with Gasteiger partial charge < -0.3 is 15.4 Å². The Morgan fingerprint density at radius 3 is 2.91 bits per heavy atom. The third-order valence-corrected chi connectivity index (χ3v) is 4.36. The lowest BCUT2D eigenvalue weighted by molar-refractivity contribution is -0.117. The number of amides is 1. The summed E-state index contributed by atoms with van der Waals surface area (Å²) in [5.41, 5.74) is 1.90. The van der Waals surface area contributed by atoms with E-state index in [1.54, 1.807) is 0 Å². The maximum Gasteiger partial charge on any atom is 0.224 e. The van der Waals surface area contributed by atoms with Crippen molar-refractivity contribution in [2.45, 2.75) is 40.0 Å². The number of rotatable bonds is 6. The molecule has 1 heterocycles. The number of aryl methyl sites for hydroxylation is 1. The summed E-state index contributed by atoms with van der Waals surface area (Å²) < 4.78 is 5.62. The molecule has 1 saturated heterocycles. The first-order valence-electron chi connectivity index (χ1n) is 8.34. The van der Waals surface area contributed by atoms with Gasteiger partial charge in [0.25, 0.3) is 0 Å². The average Bonchev–Trinajstić information content (AvgIpc) is 2.51. The van der Waals surface area contributed by atoms with Gasteiger partial charge in [-0.05, 0) is 69.3 Å². The maximum atomic E-state index is 12.3. The summed E-state index contributed by atoms with van der Waals surface area (Å²) in [5, 5.41) is 6.43. The average molecular weight is 341 g/mol. The summed E-state index contributed by atoms with van der Waals surface area (Å²) in [4.78, 5) is 12.3. The number of ether oxygens (including phenoxy) is 1. The van der Waals surface area contributed by atoms with E-state index in [0.717, 1.165) is 30.1 Å². The van der Waals surface area contributed by atoms with Crippen molar-refractivity contribution in [1.82, 2.24) is 5.32 Å². The van der Waals surface area contributed by atoms with Gasteiger partial charge in [0.15, 0.2) is 0 Å². The molecule has 0 spiro atoms. The molecule has 0 bridgehead atoms. The van der Waals surface area contributed by atoms with Crippen LogP contribution in [0, 0.1) is 18.8 Å². The number of piperidine rings is 1. The van der Waals surface area contributed by atoms with Crippen LogP contribution in [0.25, 0.3) is 0 Å². The lowest BCUT2D eigenvalue weighted by atomic mass is 9.85. The van der Waals surface area contributed by atoms with E-state index in [1.165, 1.54) is 12.8 Å². The number of hydrogen-bond donors (Lipinski definition) is 2. The highest BCUT2D eigenvalue weighted by atomic mass is 35.5. The van der Waals surface area contributed by atoms with Gasteiger partial charge in [0, 0.05) is 6.42 Å². The largest absolute Gasteiger partial charge is 0.492 e. The summed E-state index contributed by atoms with van der Waals surface area (Å²) in [6, 6.07) is 5.88. The Kier molecular flexibility index (Phi) is 8.42. The van der Waals surface area contributed by atoms with Crippen molar-refractivity contribution < 1.29 is 9.53 Å². The summed E-state index contributed by atoms with van der Waals surface area (Å²) in [6.45, 7) is 8.88. The van der Waals surface area contributed by atoms with Gasteiger partial charge in [-0.15, -0.1) is 12.4 Å². The van der Waals surface area contributed by atoms with Gasteiger partial charge in [-0.3, -0.25) is 4.79 Å². The van der Waals surface area contributed by atoms with Crippen molar-refractivity contribution in [3.05, 3.63) is 23.8 Å².